The molecule has 29 heavy (non-hydrogen) atoms. The second-order valence-corrected chi connectivity index (χ2v) is 7.48. The summed E-state index contributed by atoms with van der Waals surface area (Å²) in [5.41, 5.74) is 2.37. The van der Waals surface area contributed by atoms with Crippen LogP contribution in [0.4, 0.5) is 11.5 Å². The number of carbonyl (C=O) groups is 1. The second-order valence-electron chi connectivity index (χ2n) is 7.48. The quantitative estimate of drug-likeness (QED) is 0.750. The summed E-state index contributed by atoms with van der Waals surface area (Å²) in [4.78, 5) is 22.2. The molecule has 1 aromatic carbocycles. The number of rotatable bonds is 6. The van der Waals surface area contributed by atoms with Gasteiger partial charge in [0.15, 0.2) is 0 Å². The number of benzene rings is 1. The van der Waals surface area contributed by atoms with E-state index in [1.54, 1.807) is 14.2 Å². The van der Waals surface area contributed by atoms with E-state index in [-0.39, 0.29) is 17.9 Å². The van der Waals surface area contributed by atoms with E-state index in [1.807, 2.05) is 30.5 Å². The number of amides is 1. The molecule has 0 radical (unpaired) electrons. The fourth-order valence-corrected chi connectivity index (χ4v) is 4.36. The topological polar surface area (TPSA) is 66.9 Å². The van der Waals surface area contributed by atoms with Crippen molar-refractivity contribution in [2.75, 3.05) is 56.8 Å². The first kappa shape index (κ1) is 19.5. The van der Waals surface area contributed by atoms with Crippen molar-refractivity contribution in [1.82, 2.24) is 10.3 Å². The summed E-state index contributed by atoms with van der Waals surface area (Å²) in [6.45, 7) is 3.50. The summed E-state index contributed by atoms with van der Waals surface area (Å²) in [6, 6.07) is 12.2. The van der Waals surface area contributed by atoms with Crippen LogP contribution in [-0.2, 0) is 16.0 Å². The lowest BCUT2D eigenvalue weighted by Crippen LogP contribution is -2.61. The van der Waals surface area contributed by atoms with Gasteiger partial charge in [0.25, 0.3) is 0 Å². The van der Waals surface area contributed by atoms with Gasteiger partial charge in [0.1, 0.15) is 11.6 Å². The first-order chi connectivity index (χ1) is 14.2. The molecule has 1 amide bonds. The molecule has 1 fully saturated rings. The fraction of sp³-hybridized carbons (Fsp3) is 0.455. The van der Waals surface area contributed by atoms with Gasteiger partial charge >= 0.3 is 0 Å². The summed E-state index contributed by atoms with van der Waals surface area (Å²) < 4.78 is 10.5. The molecule has 2 aliphatic rings. The van der Waals surface area contributed by atoms with Gasteiger partial charge in [-0.05, 0) is 30.2 Å². The van der Waals surface area contributed by atoms with Crippen LogP contribution in [0.5, 0.6) is 5.75 Å². The van der Waals surface area contributed by atoms with E-state index in [2.05, 4.69) is 32.2 Å². The number of pyridine rings is 1. The molecule has 2 atom stereocenters. The van der Waals surface area contributed by atoms with Gasteiger partial charge in [-0.1, -0.05) is 12.1 Å². The van der Waals surface area contributed by atoms with Crippen LogP contribution in [0.25, 0.3) is 0 Å². The highest BCUT2D eigenvalue weighted by Gasteiger charge is 2.41. The second kappa shape index (κ2) is 8.69. The third kappa shape index (κ3) is 4.00. The van der Waals surface area contributed by atoms with Crippen LogP contribution in [0.3, 0.4) is 0 Å². The molecule has 1 aromatic heterocycles. The standard InChI is InChI=1S/C22H28N4O3/c1-28-12-9-24-22(27)18-13-16-6-7-17(29-2)14-19(16)26-11-10-25(15-20(18)26)21-5-3-4-8-23-21/h3-8,14,18,20H,9-13,15H2,1-2H3,(H,24,27)/t18-,20-/m0/s1. The van der Waals surface area contributed by atoms with Crippen LogP contribution in [-0.4, -0.2) is 63.9 Å². The maximum atomic E-state index is 13.1. The van der Waals surface area contributed by atoms with Crippen LogP contribution in [0.1, 0.15) is 5.56 Å². The zero-order valence-electron chi connectivity index (χ0n) is 17.0. The van der Waals surface area contributed by atoms with E-state index in [4.69, 9.17) is 9.47 Å². The zero-order valence-corrected chi connectivity index (χ0v) is 17.0. The summed E-state index contributed by atoms with van der Waals surface area (Å²) in [5, 5.41) is 3.04. The Morgan fingerprint density at radius 3 is 2.90 bits per heavy atom. The first-order valence-electron chi connectivity index (χ1n) is 10.1. The molecule has 0 saturated carbocycles. The molecular weight excluding hydrogens is 368 g/mol. The molecule has 2 aromatic rings. The molecule has 1 N–H and O–H groups in total. The summed E-state index contributed by atoms with van der Waals surface area (Å²) in [7, 11) is 3.33. The van der Waals surface area contributed by atoms with E-state index >= 15 is 0 Å². The predicted octanol–water partition coefficient (Wildman–Crippen LogP) is 1.72. The number of aromatic nitrogens is 1. The van der Waals surface area contributed by atoms with Crippen molar-refractivity contribution in [2.45, 2.75) is 12.5 Å². The number of hydrogen-bond donors (Lipinski definition) is 1. The molecule has 7 nitrogen and oxygen atoms in total. The monoisotopic (exact) mass is 396 g/mol. The number of hydrogen-bond acceptors (Lipinski definition) is 6. The van der Waals surface area contributed by atoms with Crippen molar-refractivity contribution in [3.63, 3.8) is 0 Å². The lowest BCUT2D eigenvalue weighted by atomic mass is 9.83. The number of piperazine rings is 1. The van der Waals surface area contributed by atoms with Gasteiger partial charge in [-0.15, -0.1) is 0 Å². The van der Waals surface area contributed by atoms with Crippen LogP contribution in [0.2, 0.25) is 0 Å². The number of ether oxygens (including phenoxy) is 2. The van der Waals surface area contributed by atoms with Crippen molar-refractivity contribution < 1.29 is 14.3 Å². The highest BCUT2D eigenvalue weighted by atomic mass is 16.5. The highest BCUT2D eigenvalue weighted by Crippen LogP contribution is 2.38. The van der Waals surface area contributed by atoms with E-state index in [9.17, 15) is 4.79 Å². The molecule has 0 unspecified atom stereocenters. The molecule has 7 heteroatoms. The largest absolute Gasteiger partial charge is 0.497 e. The Bertz CT molecular complexity index is 845. The van der Waals surface area contributed by atoms with Crippen molar-refractivity contribution in [3.8, 4) is 5.75 Å². The molecule has 0 bridgehead atoms. The van der Waals surface area contributed by atoms with Crippen LogP contribution in [0.15, 0.2) is 42.6 Å². The minimum atomic E-state index is -0.126. The van der Waals surface area contributed by atoms with Crippen LogP contribution in [0, 0.1) is 5.92 Å². The summed E-state index contributed by atoms with van der Waals surface area (Å²) in [5.74, 6) is 1.76. The zero-order chi connectivity index (χ0) is 20.2. The summed E-state index contributed by atoms with van der Waals surface area (Å²) in [6.07, 6.45) is 2.53. The van der Waals surface area contributed by atoms with Gasteiger partial charge in [0.05, 0.1) is 25.7 Å². The van der Waals surface area contributed by atoms with Crippen molar-refractivity contribution >= 4 is 17.4 Å². The number of methoxy groups -OCH3 is 2. The van der Waals surface area contributed by atoms with Gasteiger partial charge in [-0.25, -0.2) is 4.98 Å². The van der Waals surface area contributed by atoms with E-state index in [0.717, 1.165) is 37.6 Å². The minimum absolute atomic E-state index is 0.0768. The number of nitrogens with zero attached hydrogens (tertiary/aromatic N) is 3. The number of anilines is 2. The third-order valence-electron chi connectivity index (χ3n) is 5.84. The third-order valence-corrected chi connectivity index (χ3v) is 5.84. The lowest BCUT2D eigenvalue weighted by Gasteiger charge is -2.49. The molecule has 1 saturated heterocycles. The Balaban J connectivity index is 1.62. The maximum Gasteiger partial charge on any atom is 0.225 e. The average molecular weight is 396 g/mol. The Morgan fingerprint density at radius 2 is 2.14 bits per heavy atom. The van der Waals surface area contributed by atoms with Crippen LogP contribution >= 0.6 is 0 Å². The van der Waals surface area contributed by atoms with Gasteiger partial charge in [0.2, 0.25) is 5.91 Å². The molecule has 2 aliphatic heterocycles. The van der Waals surface area contributed by atoms with Crippen molar-refractivity contribution in [1.29, 1.82) is 0 Å². The Morgan fingerprint density at radius 1 is 1.24 bits per heavy atom. The molecule has 4 rings (SSSR count). The van der Waals surface area contributed by atoms with Gasteiger partial charge < -0.3 is 24.6 Å². The smallest absolute Gasteiger partial charge is 0.225 e. The maximum absolute atomic E-state index is 13.1. The number of nitrogens with one attached hydrogen (secondary N) is 1. The molecule has 0 spiro atoms. The molecule has 154 valence electrons. The lowest BCUT2D eigenvalue weighted by molar-refractivity contribution is -0.126. The fourth-order valence-electron chi connectivity index (χ4n) is 4.36. The predicted molar refractivity (Wildman–Crippen MR) is 113 cm³/mol. The number of fused-ring (bicyclic) bond motifs is 3. The van der Waals surface area contributed by atoms with Crippen molar-refractivity contribution in [2.24, 2.45) is 5.92 Å². The normalized spacial score (nSPS) is 20.6. The highest BCUT2D eigenvalue weighted by molar-refractivity contribution is 5.82. The first-order valence-corrected chi connectivity index (χ1v) is 10.1. The number of carbonyl (C=O) groups excluding carboxylic acids is 1. The van der Waals surface area contributed by atoms with Gasteiger partial charge in [-0.3, -0.25) is 4.79 Å². The van der Waals surface area contributed by atoms with E-state index in [0.29, 0.717) is 13.2 Å². The van der Waals surface area contributed by atoms with Gasteiger partial charge in [0, 0.05) is 51.2 Å². The van der Waals surface area contributed by atoms with Gasteiger partial charge in [-0.2, -0.15) is 0 Å². The van der Waals surface area contributed by atoms with E-state index in [1.165, 1.54) is 11.3 Å². The SMILES string of the molecule is COCCNC(=O)[C@H]1Cc2ccc(OC)cc2N2CCN(c3ccccn3)C[C@@H]12. The average Bonchev–Trinajstić information content (AvgIpc) is 2.78. The minimum Gasteiger partial charge on any atom is -0.497 e. The Hall–Kier alpha value is -2.80. The molecular formula is C22H28N4O3. The van der Waals surface area contributed by atoms with Crippen LogP contribution < -0.4 is 19.9 Å². The molecule has 3 heterocycles. The Kier molecular flexibility index (Phi) is 5.85. The van der Waals surface area contributed by atoms with E-state index < -0.39 is 0 Å². The van der Waals surface area contributed by atoms with Crippen molar-refractivity contribution in [3.05, 3.63) is 48.2 Å². The molecule has 0 aliphatic carbocycles. The summed E-state index contributed by atoms with van der Waals surface area (Å²) >= 11 is 0. The Labute approximate surface area is 171 Å².